The highest BCUT2D eigenvalue weighted by Gasteiger charge is 2.35. The first-order valence-electron chi connectivity index (χ1n) is 10.9. The van der Waals surface area contributed by atoms with E-state index < -0.39 is 0 Å². The summed E-state index contributed by atoms with van der Waals surface area (Å²) in [5, 5.41) is 1.24. The molecule has 0 aliphatic carbocycles. The molecule has 5 heteroatoms. The summed E-state index contributed by atoms with van der Waals surface area (Å²) in [7, 11) is 5.66. The number of anilines is 1. The molecule has 32 heavy (non-hydrogen) atoms. The summed E-state index contributed by atoms with van der Waals surface area (Å²) in [5.74, 6) is 0.846. The van der Waals surface area contributed by atoms with Crippen molar-refractivity contribution in [3.05, 3.63) is 95.2 Å². The quantitative estimate of drug-likeness (QED) is 0.499. The van der Waals surface area contributed by atoms with Crippen LogP contribution in [-0.4, -0.2) is 43.5 Å². The number of hydrogen-bond acceptors (Lipinski definition) is 3. The average Bonchev–Trinajstić information content (AvgIpc) is 3.22. The van der Waals surface area contributed by atoms with Gasteiger partial charge in [0.1, 0.15) is 5.75 Å². The number of benzene rings is 3. The van der Waals surface area contributed by atoms with E-state index in [0.717, 1.165) is 34.6 Å². The van der Waals surface area contributed by atoms with Crippen molar-refractivity contribution in [2.75, 3.05) is 32.6 Å². The van der Waals surface area contributed by atoms with E-state index in [2.05, 4.69) is 35.3 Å². The molecule has 0 saturated heterocycles. The number of amides is 1. The van der Waals surface area contributed by atoms with Gasteiger partial charge in [-0.1, -0.05) is 30.3 Å². The maximum atomic E-state index is 13.7. The number of aromatic nitrogens is 1. The van der Waals surface area contributed by atoms with Gasteiger partial charge in [-0.3, -0.25) is 4.79 Å². The number of ether oxygens (including phenoxy) is 1. The highest BCUT2D eigenvalue weighted by atomic mass is 16.5. The maximum Gasteiger partial charge on any atom is 0.254 e. The number of nitrogens with zero attached hydrogens (tertiary/aromatic N) is 2. The van der Waals surface area contributed by atoms with Crippen molar-refractivity contribution in [1.82, 2.24) is 9.88 Å². The zero-order valence-corrected chi connectivity index (χ0v) is 18.6. The van der Waals surface area contributed by atoms with Gasteiger partial charge in [-0.05, 0) is 60.0 Å². The van der Waals surface area contributed by atoms with E-state index in [1.54, 1.807) is 7.11 Å². The van der Waals surface area contributed by atoms with Crippen LogP contribution >= 0.6 is 0 Å². The van der Waals surface area contributed by atoms with Gasteiger partial charge in [0.15, 0.2) is 0 Å². The Morgan fingerprint density at radius 1 is 1.00 bits per heavy atom. The number of para-hydroxylation sites is 1. The molecule has 1 amide bonds. The zero-order valence-electron chi connectivity index (χ0n) is 18.6. The molecule has 0 bridgehead atoms. The Bertz CT molecular complexity index is 1260. The van der Waals surface area contributed by atoms with E-state index in [0.29, 0.717) is 12.1 Å². The van der Waals surface area contributed by atoms with Crippen molar-refractivity contribution < 1.29 is 9.53 Å². The number of carbonyl (C=O) groups is 1. The lowest BCUT2D eigenvalue weighted by molar-refractivity contribution is 0.0692. The van der Waals surface area contributed by atoms with E-state index in [1.165, 1.54) is 10.9 Å². The third kappa shape index (κ3) is 3.40. The van der Waals surface area contributed by atoms with Gasteiger partial charge < -0.3 is 19.5 Å². The minimum absolute atomic E-state index is 0.0421. The summed E-state index contributed by atoms with van der Waals surface area (Å²) in [6.45, 7) is 0.666. The topological polar surface area (TPSA) is 48.6 Å². The maximum absolute atomic E-state index is 13.7. The normalized spacial score (nSPS) is 15.5. The SMILES string of the molecule is COc1ccc(C2c3[nH]c4ccccc4c3CCN2C(=O)c2ccc(N(C)C)cc2)cc1. The Hall–Kier alpha value is -3.73. The molecular weight excluding hydrogens is 398 g/mol. The Morgan fingerprint density at radius 3 is 2.41 bits per heavy atom. The Balaban J connectivity index is 1.60. The molecular formula is C27H27N3O2. The second-order valence-electron chi connectivity index (χ2n) is 8.43. The fourth-order valence-corrected chi connectivity index (χ4v) is 4.66. The van der Waals surface area contributed by atoms with Crippen molar-refractivity contribution in [2.24, 2.45) is 0 Å². The molecule has 1 N–H and O–H groups in total. The van der Waals surface area contributed by atoms with Crippen molar-refractivity contribution in [3.63, 3.8) is 0 Å². The number of carbonyl (C=O) groups excluding carboxylic acids is 1. The van der Waals surface area contributed by atoms with Crippen molar-refractivity contribution in [1.29, 1.82) is 0 Å². The monoisotopic (exact) mass is 425 g/mol. The predicted molar refractivity (Wildman–Crippen MR) is 129 cm³/mol. The average molecular weight is 426 g/mol. The van der Waals surface area contributed by atoms with E-state index >= 15 is 0 Å². The fourth-order valence-electron chi connectivity index (χ4n) is 4.66. The number of aromatic amines is 1. The first-order chi connectivity index (χ1) is 15.6. The van der Waals surface area contributed by atoms with E-state index in [-0.39, 0.29) is 11.9 Å². The lowest BCUT2D eigenvalue weighted by Crippen LogP contribution is -2.40. The van der Waals surface area contributed by atoms with Gasteiger partial charge in [0.25, 0.3) is 5.91 Å². The molecule has 0 fully saturated rings. The smallest absolute Gasteiger partial charge is 0.254 e. The van der Waals surface area contributed by atoms with Gasteiger partial charge in [-0.15, -0.1) is 0 Å². The zero-order chi connectivity index (χ0) is 22.2. The predicted octanol–water partition coefficient (Wildman–Crippen LogP) is 5.03. The van der Waals surface area contributed by atoms with Gasteiger partial charge in [-0.2, -0.15) is 0 Å². The molecule has 0 spiro atoms. The largest absolute Gasteiger partial charge is 0.497 e. The minimum Gasteiger partial charge on any atom is -0.497 e. The summed E-state index contributed by atoms with van der Waals surface area (Å²) in [4.78, 5) is 21.3. The molecule has 0 radical (unpaired) electrons. The number of nitrogens with one attached hydrogen (secondary N) is 1. The van der Waals surface area contributed by atoms with Gasteiger partial charge in [0, 0.05) is 48.5 Å². The molecule has 1 aliphatic rings. The number of fused-ring (bicyclic) bond motifs is 3. The third-order valence-corrected chi connectivity index (χ3v) is 6.36. The molecule has 3 aromatic carbocycles. The molecule has 0 saturated carbocycles. The molecule has 1 atom stereocenters. The summed E-state index contributed by atoms with van der Waals surface area (Å²) in [5.41, 5.74) is 6.35. The molecule has 162 valence electrons. The van der Waals surface area contributed by atoms with Crippen molar-refractivity contribution >= 4 is 22.5 Å². The molecule has 2 heterocycles. The Morgan fingerprint density at radius 2 is 1.72 bits per heavy atom. The Labute approximate surface area is 188 Å². The first-order valence-corrected chi connectivity index (χ1v) is 10.9. The number of hydrogen-bond donors (Lipinski definition) is 1. The summed E-state index contributed by atoms with van der Waals surface area (Å²) in [6.07, 6.45) is 0.827. The van der Waals surface area contributed by atoms with Crippen LogP contribution in [0, 0.1) is 0 Å². The van der Waals surface area contributed by atoms with Crippen LogP contribution < -0.4 is 9.64 Å². The fraction of sp³-hybridized carbons (Fsp3) is 0.222. The first kappa shape index (κ1) is 20.2. The van der Waals surface area contributed by atoms with Gasteiger partial charge in [0.05, 0.1) is 13.2 Å². The molecule has 1 aromatic heterocycles. The van der Waals surface area contributed by atoms with Gasteiger partial charge in [0.2, 0.25) is 0 Å². The van der Waals surface area contributed by atoms with E-state index in [1.807, 2.05) is 66.4 Å². The van der Waals surface area contributed by atoms with E-state index in [4.69, 9.17) is 4.74 Å². The van der Waals surface area contributed by atoms with Crippen LogP contribution in [-0.2, 0) is 6.42 Å². The molecule has 1 unspecified atom stereocenters. The van der Waals surface area contributed by atoms with Gasteiger partial charge in [-0.25, -0.2) is 0 Å². The molecule has 4 aromatic rings. The van der Waals surface area contributed by atoms with Crippen LogP contribution in [0.1, 0.15) is 33.2 Å². The standard InChI is InChI=1S/C27H27N3O2/c1-29(2)20-12-8-19(9-13-20)27(31)30-17-16-23-22-6-4-5-7-24(22)28-25(23)26(30)18-10-14-21(32-3)15-11-18/h4-15,26,28H,16-17H2,1-3H3. The lowest BCUT2D eigenvalue weighted by Gasteiger charge is -2.36. The van der Waals surface area contributed by atoms with Crippen molar-refractivity contribution in [3.8, 4) is 5.75 Å². The minimum atomic E-state index is -0.182. The van der Waals surface area contributed by atoms with Crippen LogP contribution in [0.2, 0.25) is 0 Å². The summed E-state index contributed by atoms with van der Waals surface area (Å²) < 4.78 is 5.36. The summed E-state index contributed by atoms with van der Waals surface area (Å²) in [6, 6.07) is 24.1. The molecule has 5 nitrogen and oxygen atoms in total. The second kappa shape index (κ2) is 8.08. The van der Waals surface area contributed by atoms with Gasteiger partial charge >= 0.3 is 0 Å². The van der Waals surface area contributed by atoms with Crippen LogP contribution in [0.4, 0.5) is 5.69 Å². The molecule has 1 aliphatic heterocycles. The van der Waals surface area contributed by atoms with Crippen molar-refractivity contribution in [2.45, 2.75) is 12.5 Å². The van der Waals surface area contributed by atoms with Crippen LogP contribution in [0.3, 0.4) is 0 Å². The second-order valence-corrected chi connectivity index (χ2v) is 8.43. The van der Waals surface area contributed by atoms with Crippen LogP contribution in [0.15, 0.2) is 72.8 Å². The third-order valence-electron chi connectivity index (χ3n) is 6.36. The van der Waals surface area contributed by atoms with Crippen LogP contribution in [0.25, 0.3) is 10.9 Å². The molecule has 5 rings (SSSR count). The van der Waals surface area contributed by atoms with Crippen LogP contribution in [0.5, 0.6) is 5.75 Å². The lowest BCUT2D eigenvalue weighted by atomic mass is 9.91. The Kier molecular flexibility index (Phi) is 5.10. The highest BCUT2D eigenvalue weighted by molar-refractivity contribution is 5.96. The number of rotatable bonds is 4. The highest BCUT2D eigenvalue weighted by Crippen LogP contribution is 2.39. The number of H-pyrrole nitrogens is 1. The van der Waals surface area contributed by atoms with E-state index in [9.17, 15) is 4.79 Å². The summed E-state index contributed by atoms with van der Waals surface area (Å²) >= 11 is 0. The number of methoxy groups -OCH3 is 1.